The number of hydrogen-bond acceptors (Lipinski definition) is 4. The molecule has 3 rings (SSSR count). The van der Waals surface area contributed by atoms with Gasteiger partial charge in [-0.2, -0.15) is 0 Å². The Morgan fingerprint density at radius 1 is 0.792 bits per heavy atom. The zero-order valence-electron chi connectivity index (χ0n) is 14.0. The van der Waals surface area contributed by atoms with Crippen molar-refractivity contribution >= 4 is 23.5 Å². The van der Waals surface area contributed by atoms with Crippen LogP contribution in [0.5, 0.6) is 11.5 Å². The summed E-state index contributed by atoms with van der Waals surface area (Å²) in [6, 6.07) is 16.5. The molecule has 0 unspecified atom stereocenters. The van der Waals surface area contributed by atoms with Gasteiger partial charge in [0.15, 0.2) is 6.10 Å². The fourth-order valence-corrected chi connectivity index (χ4v) is 3.48. The number of allylic oxidation sites excluding steroid dienone is 1. The second-order valence-electron chi connectivity index (χ2n) is 5.60. The van der Waals surface area contributed by atoms with Crippen LogP contribution in [0.25, 0.3) is 0 Å². The molecule has 2 nitrogen and oxygen atoms in total. The Bertz CT molecular complexity index is 665. The average Bonchev–Trinajstić information content (AvgIpc) is 2.64. The van der Waals surface area contributed by atoms with E-state index in [4.69, 9.17) is 9.47 Å². The summed E-state index contributed by atoms with van der Waals surface area (Å²) in [5.74, 6) is 1.79. The van der Waals surface area contributed by atoms with Crippen molar-refractivity contribution in [2.75, 3.05) is 12.5 Å². The fourth-order valence-electron chi connectivity index (χ4n) is 2.66. The van der Waals surface area contributed by atoms with Gasteiger partial charge in [0, 0.05) is 9.79 Å². The molecular formula is C20H22O2S2. The summed E-state index contributed by atoms with van der Waals surface area (Å²) in [7, 11) is 0. The van der Waals surface area contributed by atoms with Gasteiger partial charge in [-0.05, 0) is 80.0 Å². The van der Waals surface area contributed by atoms with Gasteiger partial charge in [-0.3, -0.25) is 0 Å². The van der Waals surface area contributed by atoms with Gasteiger partial charge in [-0.15, -0.1) is 23.5 Å². The van der Waals surface area contributed by atoms with Gasteiger partial charge < -0.3 is 9.47 Å². The van der Waals surface area contributed by atoms with Crippen LogP contribution in [-0.4, -0.2) is 24.7 Å². The first-order chi connectivity index (χ1) is 11.8. The van der Waals surface area contributed by atoms with Crippen LogP contribution < -0.4 is 9.47 Å². The Labute approximate surface area is 152 Å². The van der Waals surface area contributed by atoms with E-state index in [1.54, 1.807) is 23.5 Å². The van der Waals surface area contributed by atoms with Crippen LogP contribution in [-0.2, 0) is 0 Å². The molecule has 126 valence electrons. The minimum absolute atomic E-state index is 0.0374. The Morgan fingerprint density at radius 2 is 1.33 bits per heavy atom. The normalized spacial score (nSPS) is 19.9. The lowest BCUT2D eigenvalue weighted by Crippen LogP contribution is -2.36. The van der Waals surface area contributed by atoms with Crippen LogP contribution in [0, 0.1) is 0 Å². The minimum atomic E-state index is -0.0564. The third-order valence-corrected chi connectivity index (χ3v) is 5.48. The molecule has 0 saturated heterocycles. The maximum absolute atomic E-state index is 6.19. The van der Waals surface area contributed by atoms with Crippen LogP contribution >= 0.6 is 23.5 Å². The van der Waals surface area contributed by atoms with Gasteiger partial charge in [0.25, 0.3) is 0 Å². The highest BCUT2D eigenvalue weighted by Crippen LogP contribution is 2.26. The molecule has 0 spiro atoms. The standard InChI is InChI=1S/C20H22O2S2/c1-23-17-11-7-15(8-12-17)21-19-5-3-4-6-20(19)22-16-9-13-18(24-2)14-10-16/h3,5,7-14,19-20H,4,6H2,1-2H3/t19-,20-/m1/s1. The van der Waals surface area contributed by atoms with Crippen molar-refractivity contribution in [2.45, 2.75) is 34.8 Å². The Morgan fingerprint density at radius 3 is 1.88 bits per heavy atom. The van der Waals surface area contributed by atoms with Gasteiger partial charge in [0.1, 0.15) is 17.6 Å². The molecule has 0 bridgehead atoms. The van der Waals surface area contributed by atoms with E-state index in [-0.39, 0.29) is 12.2 Å². The number of benzene rings is 2. The third-order valence-electron chi connectivity index (χ3n) is 3.99. The SMILES string of the molecule is CSc1ccc(O[C@@H]2C=CCC[C@H]2Oc2ccc(SC)cc2)cc1. The lowest BCUT2D eigenvalue weighted by molar-refractivity contribution is 0.0721. The van der Waals surface area contributed by atoms with Crippen molar-refractivity contribution < 1.29 is 9.47 Å². The first-order valence-electron chi connectivity index (χ1n) is 8.06. The third kappa shape index (κ3) is 4.52. The lowest BCUT2D eigenvalue weighted by atomic mass is 10.0. The lowest BCUT2D eigenvalue weighted by Gasteiger charge is -2.29. The molecule has 0 saturated carbocycles. The average molecular weight is 359 g/mol. The Kier molecular flexibility index (Phi) is 6.16. The van der Waals surface area contributed by atoms with Crippen molar-refractivity contribution in [3.05, 3.63) is 60.7 Å². The van der Waals surface area contributed by atoms with Crippen LogP contribution in [0.1, 0.15) is 12.8 Å². The molecule has 1 aliphatic carbocycles. The highest BCUT2D eigenvalue weighted by atomic mass is 32.2. The minimum Gasteiger partial charge on any atom is -0.486 e. The van der Waals surface area contributed by atoms with E-state index in [1.807, 2.05) is 24.3 Å². The molecule has 24 heavy (non-hydrogen) atoms. The van der Waals surface area contributed by atoms with Crippen molar-refractivity contribution in [3.63, 3.8) is 0 Å². The van der Waals surface area contributed by atoms with Gasteiger partial charge in [0.05, 0.1) is 0 Å². The quantitative estimate of drug-likeness (QED) is 0.488. The van der Waals surface area contributed by atoms with E-state index >= 15 is 0 Å². The highest BCUT2D eigenvalue weighted by Gasteiger charge is 2.25. The summed E-state index contributed by atoms with van der Waals surface area (Å²) in [6.45, 7) is 0. The van der Waals surface area contributed by atoms with E-state index in [9.17, 15) is 0 Å². The number of rotatable bonds is 6. The predicted molar refractivity (Wildman–Crippen MR) is 104 cm³/mol. The second kappa shape index (κ2) is 8.54. The Balaban J connectivity index is 1.67. The van der Waals surface area contributed by atoms with Crippen molar-refractivity contribution in [1.82, 2.24) is 0 Å². The van der Waals surface area contributed by atoms with Crippen LogP contribution in [0.3, 0.4) is 0 Å². The molecule has 0 fully saturated rings. The Hall–Kier alpha value is -1.52. The maximum Gasteiger partial charge on any atom is 0.154 e. The zero-order chi connectivity index (χ0) is 16.8. The van der Waals surface area contributed by atoms with Crippen LogP contribution in [0.4, 0.5) is 0 Å². The molecule has 0 N–H and O–H groups in total. The number of ether oxygens (including phenoxy) is 2. The molecule has 0 heterocycles. The summed E-state index contributed by atoms with van der Waals surface area (Å²) in [4.78, 5) is 2.48. The molecule has 0 radical (unpaired) electrons. The van der Waals surface area contributed by atoms with E-state index in [1.165, 1.54) is 9.79 Å². The van der Waals surface area contributed by atoms with Gasteiger partial charge in [0.2, 0.25) is 0 Å². The summed E-state index contributed by atoms with van der Waals surface area (Å²) in [5.41, 5.74) is 0. The number of hydrogen-bond donors (Lipinski definition) is 0. The van der Waals surface area contributed by atoms with Crippen molar-refractivity contribution in [1.29, 1.82) is 0 Å². The summed E-state index contributed by atoms with van der Waals surface area (Å²) in [6.07, 6.45) is 10.4. The molecule has 0 amide bonds. The van der Waals surface area contributed by atoms with Gasteiger partial charge >= 0.3 is 0 Å². The topological polar surface area (TPSA) is 18.5 Å². The molecule has 2 aromatic carbocycles. The fraction of sp³-hybridized carbons (Fsp3) is 0.300. The van der Waals surface area contributed by atoms with E-state index < -0.39 is 0 Å². The maximum atomic E-state index is 6.19. The molecule has 1 aliphatic rings. The first kappa shape index (κ1) is 17.3. The summed E-state index contributed by atoms with van der Waals surface area (Å²) >= 11 is 3.47. The monoisotopic (exact) mass is 358 g/mol. The van der Waals surface area contributed by atoms with Gasteiger partial charge in [-0.1, -0.05) is 6.08 Å². The molecule has 2 atom stereocenters. The first-order valence-corrected chi connectivity index (χ1v) is 10.5. The number of thioether (sulfide) groups is 2. The summed E-state index contributed by atoms with van der Waals surface area (Å²) in [5, 5.41) is 0. The highest BCUT2D eigenvalue weighted by molar-refractivity contribution is 7.98. The molecule has 4 heteroatoms. The summed E-state index contributed by atoms with van der Waals surface area (Å²) < 4.78 is 12.4. The van der Waals surface area contributed by atoms with Gasteiger partial charge in [-0.25, -0.2) is 0 Å². The smallest absolute Gasteiger partial charge is 0.154 e. The van der Waals surface area contributed by atoms with E-state index in [0.717, 1.165) is 24.3 Å². The zero-order valence-corrected chi connectivity index (χ0v) is 15.6. The second-order valence-corrected chi connectivity index (χ2v) is 7.35. The molecular weight excluding hydrogens is 336 g/mol. The predicted octanol–water partition coefficient (Wildman–Crippen LogP) is 5.68. The molecule has 0 aliphatic heterocycles. The van der Waals surface area contributed by atoms with E-state index in [0.29, 0.717) is 0 Å². The van der Waals surface area contributed by atoms with Crippen molar-refractivity contribution in [2.24, 2.45) is 0 Å². The van der Waals surface area contributed by atoms with E-state index in [2.05, 4.69) is 48.9 Å². The molecule has 2 aromatic rings. The molecule has 0 aromatic heterocycles. The van der Waals surface area contributed by atoms with Crippen LogP contribution in [0.15, 0.2) is 70.5 Å². The van der Waals surface area contributed by atoms with Crippen LogP contribution in [0.2, 0.25) is 0 Å². The largest absolute Gasteiger partial charge is 0.486 e. The van der Waals surface area contributed by atoms with Crippen molar-refractivity contribution in [3.8, 4) is 11.5 Å².